The Bertz CT molecular complexity index is 561. The maximum atomic E-state index is 12.4. The average Bonchev–Trinajstić information content (AvgIpc) is 3.16. The normalized spacial score (nSPS) is 20.1. The fourth-order valence-electron chi connectivity index (χ4n) is 3.35. The van der Waals surface area contributed by atoms with E-state index in [0.29, 0.717) is 13.1 Å². The van der Waals surface area contributed by atoms with E-state index in [0.717, 1.165) is 50.2 Å². The number of amides is 3. The number of carbonyl (C=O) groups is 2. The third-order valence-electron chi connectivity index (χ3n) is 4.53. The van der Waals surface area contributed by atoms with Crippen LogP contribution in [0.1, 0.15) is 43.6 Å². The molecule has 1 aromatic rings. The molecule has 2 fully saturated rings. The molecular weight excluding hydrogens is 282 g/mol. The van der Waals surface area contributed by atoms with Gasteiger partial charge in [-0.2, -0.15) is 0 Å². The van der Waals surface area contributed by atoms with Gasteiger partial charge in [0, 0.05) is 6.54 Å². The van der Waals surface area contributed by atoms with Crippen molar-refractivity contribution >= 4 is 11.9 Å². The Labute approximate surface area is 130 Å². The zero-order valence-electron chi connectivity index (χ0n) is 13.0. The van der Waals surface area contributed by atoms with E-state index in [2.05, 4.69) is 10.6 Å². The SMILES string of the molecule is Cc1ccc(CNCCCN2C(=O)NC3(CCCC3)C2=O)o1. The van der Waals surface area contributed by atoms with Gasteiger partial charge in [0.05, 0.1) is 6.54 Å². The highest BCUT2D eigenvalue weighted by Gasteiger charge is 2.51. The fraction of sp³-hybridized carbons (Fsp3) is 0.625. The second-order valence-corrected chi connectivity index (χ2v) is 6.22. The van der Waals surface area contributed by atoms with Crippen LogP contribution in [-0.2, 0) is 11.3 Å². The second-order valence-electron chi connectivity index (χ2n) is 6.22. The lowest BCUT2D eigenvalue weighted by atomic mass is 9.98. The Morgan fingerprint density at radius 1 is 1.32 bits per heavy atom. The third-order valence-corrected chi connectivity index (χ3v) is 4.53. The topological polar surface area (TPSA) is 74.6 Å². The lowest BCUT2D eigenvalue weighted by Crippen LogP contribution is -2.44. The summed E-state index contributed by atoms with van der Waals surface area (Å²) in [7, 11) is 0. The van der Waals surface area contributed by atoms with Crippen LogP contribution in [-0.4, -0.2) is 35.5 Å². The average molecular weight is 305 g/mol. The first-order valence-electron chi connectivity index (χ1n) is 8.01. The van der Waals surface area contributed by atoms with Crippen molar-refractivity contribution in [3.8, 4) is 0 Å². The summed E-state index contributed by atoms with van der Waals surface area (Å²) >= 11 is 0. The van der Waals surface area contributed by atoms with Crippen molar-refractivity contribution in [2.24, 2.45) is 0 Å². The number of furan rings is 1. The molecule has 1 spiro atoms. The number of imide groups is 1. The van der Waals surface area contributed by atoms with Gasteiger partial charge in [0.25, 0.3) is 5.91 Å². The highest BCUT2D eigenvalue weighted by molar-refractivity contribution is 6.07. The number of rotatable bonds is 6. The maximum Gasteiger partial charge on any atom is 0.325 e. The molecule has 2 aliphatic rings. The lowest BCUT2D eigenvalue weighted by Gasteiger charge is -2.20. The fourth-order valence-corrected chi connectivity index (χ4v) is 3.35. The van der Waals surface area contributed by atoms with Gasteiger partial charge < -0.3 is 15.1 Å². The molecule has 120 valence electrons. The Kier molecular flexibility index (Phi) is 4.20. The van der Waals surface area contributed by atoms with Gasteiger partial charge in [-0.15, -0.1) is 0 Å². The zero-order chi connectivity index (χ0) is 15.6. The molecule has 2 heterocycles. The monoisotopic (exact) mass is 305 g/mol. The molecular formula is C16H23N3O3. The van der Waals surface area contributed by atoms with E-state index in [9.17, 15) is 9.59 Å². The quantitative estimate of drug-likeness (QED) is 0.622. The minimum atomic E-state index is -0.587. The van der Waals surface area contributed by atoms with Crippen LogP contribution in [0.25, 0.3) is 0 Å². The van der Waals surface area contributed by atoms with Gasteiger partial charge in [-0.25, -0.2) is 4.79 Å². The van der Waals surface area contributed by atoms with Gasteiger partial charge in [0.2, 0.25) is 0 Å². The third kappa shape index (κ3) is 2.88. The zero-order valence-corrected chi connectivity index (χ0v) is 13.0. The van der Waals surface area contributed by atoms with Crippen LogP contribution < -0.4 is 10.6 Å². The predicted octanol–water partition coefficient (Wildman–Crippen LogP) is 1.93. The Morgan fingerprint density at radius 3 is 2.77 bits per heavy atom. The van der Waals surface area contributed by atoms with Crippen molar-refractivity contribution in [1.82, 2.24) is 15.5 Å². The molecule has 1 aliphatic heterocycles. The highest BCUT2D eigenvalue weighted by atomic mass is 16.3. The number of nitrogens with zero attached hydrogens (tertiary/aromatic N) is 1. The van der Waals surface area contributed by atoms with Gasteiger partial charge in [-0.05, 0) is 44.9 Å². The van der Waals surface area contributed by atoms with E-state index >= 15 is 0 Å². The van der Waals surface area contributed by atoms with Crippen molar-refractivity contribution in [1.29, 1.82) is 0 Å². The van der Waals surface area contributed by atoms with Crippen LogP contribution in [0.2, 0.25) is 0 Å². The maximum absolute atomic E-state index is 12.4. The van der Waals surface area contributed by atoms with E-state index < -0.39 is 5.54 Å². The number of carbonyl (C=O) groups excluding carboxylic acids is 2. The lowest BCUT2D eigenvalue weighted by molar-refractivity contribution is -0.131. The second kappa shape index (κ2) is 6.12. The van der Waals surface area contributed by atoms with Gasteiger partial charge in [0.15, 0.2) is 0 Å². The van der Waals surface area contributed by atoms with Crippen molar-refractivity contribution in [3.63, 3.8) is 0 Å². The smallest absolute Gasteiger partial charge is 0.325 e. The summed E-state index contributed by atoms with van der Waals surface area (Å²) in [4.78, 5) is 25.8. The van der Waals surface area contributed by atoms with E-state index in [1.165, 1.54) is 4.90 Å². The molecule has 1 aromatic heterocycles. The van der Waals surface area contributed by atoms with Crippen molar-refractivity contribution in [3.05, 3.63) is 23.7 Å². The number of hydrogen-bond donors (Lipinski definition) is 2. The molecule has 0 aromatic carbocycles. The highest BCUT2D eigenvalue weighted by Crippen LogP contribution is 2.34. The van der Waals surface area contributed by atoms with Crippen LogP contribution in [0.4, 0.5) is 4.79 Å². The largest absolute Gasteiger partial charge is 0.465 e. The summed E-state index contributed by atoms with van der Waals surface area (Å²) < 4.78 is 5.47. The summed E-state index contributed by atoms with van der Waals surface area (Å²) in [5.41, 5.74) is -0.587. The molecule has 0 unspecified atom stereocenters. The predicted molar refractivity (Wildman–Crippen MR) is 81.2 cm³/mol. The molecule has 3 rings (SSSR count). The Hall–Kier alpha value is -1.82. The summed E-state index contributed by atoms with van der Waals surface area (Å²) in [6.07, 6.45) is 4.34. The van der Waals surface area contributed by atoms with Crippen LogP contribution >= 0.6 is 0 Å². The summed E-state index contributed by atoms with van der Waals surface area (Å²) in [5, 5.41) is 6.17. The molecule has 0 radical (unpaired) electrons. The van der Waals surface area contributed by atoms with Gasteiger partial charge in [-0.3, -0.25) is 9.69 Å². The molecule has 3 amide bonds. The van der Waals surface area contributed by atoms with Gasteiger partial charge in [-0.1, -0.05) is 12.8 Å². The first-order valence-corrected chi connectivity index (χ1v) is 8.01. The Morgan fingerprint density at radius 2 is 2.09 bits per heavy atom. The van der Waals surface area contributed by atoms with Gasteiger partial charge in [0.1, 0.15) is 17.1 Å². The number of urea groups is 1. The van der Waals surface area contributed by atoms with Crippen molar-refractivity contribution < 1.29 is 14.0 Å². The summed E-state index contributed by atoms with van der Waals surface area (Å²) in [6, 6.07) is 3.66. The molecule has 6 nitrogen and oxygen atoms in total. The van der Waals surface area contributed by atoms with E-state index in [1.807, 2.05) is 19.1 Å². The van der Waals surface area contributed by atoms with Crippen LogP contribution in [0.5, 0.6) is 0 Å². The number of hydrogen-bond acceptors (Lipinski definition) is 4. The van der Waals surface area contributed by atoms with Crippen LogP contribution in [0.15, 0.2) is 16.5 Å². The van der Waals surface area contributed by atoms with Gasteiger partial charge >= 0.3 is 6.03 Å². The summed E-state index contributed by atoms with van der Waals surface area (Å²) in [6.45, 7) is 3.79. The molecule has 1 aliphatic carbocycles. The minimum absolute atomic E-state index is 0.0309. The number of aryl methyl sites for hydroxylation is 1. The molecule has 6 heteroatoms. The molecule has 0 atom stereocenters. The molecule has 22 heavy (non-hydrogen) atoms. The minimum Gasteiger partial charge on any atom is -0.465 e. The number of nitrogens with one attached hydrogen (secondary N) is 2. The molecule has 0 bridgehead atoms. The van der Waals surface area contributed by atoms with Crippen LogP contribution in [0.3, 0.4) is 0 Å². The Balaban J connectivity index is 1.42. The molecule has 1 saturated heterocycles. The van der Waals surface area contributed by atoms with E-state index in [1.54, 1.807) is 0 Å². The molecule has 2 N–H and O–H groups in total. The molecule has 1 saturated carbocycles. The van der Waals surface area contributed by atoms with E-state index in [4.69, 9.17) is 4.42 Å². The van der Waals surface area contributed by atoms with E-state index in [-0.39, 0.29) is 11.9 Å². The standard InChI is InChI=1S/C16H23N3O3/c1-12-5-6-13(22-12)11-17-9-4-10-19-14(20)16(18-15(19)21)7-2-3-8-16/h5-6,17H,2-4,7-11H2,1H3,(H,18,21). The van der Waals surface area contributed by atoms with Crippen molar-refractivity contribution in [2.75, 3.05) is 13.1 Å². The first-order chi connectivity index (χ1) is 10.6. The van der Waals surface area contributed by atoms with Crippen LogP contribution in [0, 0.1) is 6.92 Å². The van der Waals surface area contributed by atoms with Crippen molar-refractivity contribution in [2.45, 2.75) is 51.1 Å². The summed E-state index contributed by atoms with van der Waals surface area (Å²) in [5.74, 6) is 1.77. The first kappa shape index (κ1) is 15.1.